The fraction of sp³-hybridized carbons (Fsp3) is 0.625. The number of alkyl halides is 3. The molecule has 1 aromatic rings. The number of halogens is 3. The molecule has 1 heterocycles. The summed E-state index contributed by atoms with van der Waals surface area (Å²) in [5.74, 6) is -1.61. The van der Waals surface area contributed by atoms with Crippen LogP contribution in [0.3, 0.4) is 0 Å². The summed E-state index contributed by atoms with van der Waals surface area (Å²) in [7, 11) is 1.60. The van der Waals surface area contributed by atoms with E-state index in [-0.39, 0.29) is 5.56 Å². The first kappa shape index (κ1) is 11.0. The summed E-state index contributed by atoms with van der Waals surface area (Å²) in [4.78, 5) is 0. The Morgan fingerprint density at radius 3 is 2.43 bits per heavy atom. The molecule has 14 heavy (non-hydrogen) atoms. The third-order valence-corrected chi connectivity index (χ3v) is 2.28. The number of hydrogen-bond acceptors (Lipinski definition) is 2. The molecular weight excluding hydrogens is 195 g/mol. The molecule has 0 bridgehead atoms. The van der Waals surface area contributed by atoms with Gasteiger partial charge in [0.25, 0.3) is 0 Å². The van der Waals surface area contributed by atoms with Crippen LogP contribution < -0.4 is 5.73 Å². The minimum Gasteiger partial charge on any atom is -0.330 e. The van der Waals surface area contributed by atoms with Gasteiger partial charge in [0.05, 0.1) is 12.1 Å². The Kier molecular flexibility index (Phi) is 2.84. The summed E-state index contributed by atoms with van der Waals surface area (Å²) in [5.41, 5.74) is 5.77. The maximum absolute atomic E-state index is 12.5. The van der Waals surface area contributed by atoms with E-state index in [9.17, 15) is 13.2 Å². The molecule has 1 aromatic heterocycles. The van der Waals surface area contributed by atoms with Crippen LogP contribution in [0.15, 0.2) is 6.20 Å². The Balaban J connectivity index is 3.08. The lowest BCUT2D eigenvalue weighted by molar-refractivity contribution is -0.148. The second-order valence-electron chi connectivity index (χ2n) is 3.14. The molecule has 1 atom stereocenters. The van der Waals surface area contributed by atoms with Gasteiger partial charge in [0, 0.05) is 24.8 Å². The van der Waals surface area contributed by atoms with Crippen molar-refractivity contribution in [2.24, 2.45) is 12.8 Å². The number of nitrogens with zero attached hydrogens (tertiary/aromatic N) is 2. The highest BCUT2D eigenvalue weighted by molar-refractivity contribution is 5.23. The average molecular weight is 207 g/mol. The molecule has 80 valence electrons. The molecule has 1 rings (SSSR count). The van der Waals surface area contributed by atoms with Gasteiger partial charge >= 0.3 is 6.18 Å². The largest absolute Gasteiger partial charge is 0.397 e. The standard InChI is InChI=1S/C8H12F3N3/c1-5-6(4-13-14(5)2)7(3-12)8(9,10)11/h4,7H,3,12H2,1-2H3. The number of hydrogen-bond donors (Lipinski definition) is 1. The van der Waals surface area contributed by atoms with Crippen molar-refractivity contribution < 1.29 is 13.2 Å². The maximum atomic E-state index is 12.5. The van der Waals surface area contributed by atoms with Crippen LogP contribution in [0, 0.1) is 6.92 Å². The second-order valence-corrected chi connectivity index (χ2v) is 3.14. The predicted octanol–water partition coefficient (Wildman–Crippen LogP) is 1.33. The molecule has 0 amide bonds. The van der Waals surface area contributed by atoms with E-state index in [1.54, 1.807) is 14.0 Å². The van der Waals surface area contributed by atoms with Gasteiger partial charge in [-0.25, -0.2) is 0 Å². The van der Waals surface area contributed by atoms with Crippen LogP contribution in [0.1, 0.15) is 17.2 Å². The van der Waals surface area contributed by atoms with E-state index in [2.05, 4.69) is 5.10 Å². The number of rotatable bonds is 2. The van der Waals surface area contributed by atoms with Gasteiger partial charge in [-0.3, -0.25) is 4.68 Å². The normalized spacial score (nSPS) is 14.4. The molecule has 0 aliphatic rings. The van der Waals surface area contributed by atoms with Crippen LogP contribution in [0.25, 0.3) is 0 Å². The van der Waals surface area contributed by atoms with E-state index < -0.39 is 18.6 Å². The quantitative estimate of drug-likeness (QED) is 0.795. The van der Waals surface area contributed by atoms with Crippen molar-refractivity contribution in [3.63, 3.8) is 0 Å². The number of aryl methyl sites for hydroxylation is 1. The highest BCUT2D eigenvalue weighted by atomic mass is 19.4. The molecule has 6 heteroatoms. The lowest BCUT2D eigenvalue weighted by Crippen LogP contribution is -2.28. The van der Waals surface area contributed by atoms with Crippen molar-refractivity contribution in [3.8, 4) is 0 Å². The van der Waals surface area contributed by atoms with Crippen LogP contribution in [-0.2, 0) is 7.05 Å². The van der Waals surface area contributed by atoms with Gasteiger partial charge in [-0.2, -0.15) is 18.3 Å². The molecule has 0 aliphatic carbocycles. The second kappa shape index (κ2) is 3.61. The van der Waals surface area contributed by atoms with E-state index in [0.29, 0.717) is 5.69 Å². The Morgan fingerprint density at radius 1 is 1.57 bits per heavy atom. The van der Waals surface area contributed by atoms with Gasteiger partial charge in [0.2, 0.25) is 0 Å². The Bertz CT molecular complexity index is 316. The number of nitrogens with two attached hydrogens (primary N) is 1. The summed E-state index contributed by atoms with van der Waals surface area (Å²) in [5, 5.41) is 3.76. The minimum absolute atomic E-state index is 0.155. The first-order valence-electron chi connectivity index (χ1n) is 4.13. The molecule has 0 radical (unpaired) electrons. The molecule has 0 aliphatic heterocycles. The van der Waals surface area contributed by atoms with Gasteiger partial charge < -0.3 is 5.73 Å². The molecule has 3 nitrogen and oxygen atoms in total. The maximum Gasteiger partial charge on any atom is 0.397 e. The zero-order valence-corrected chi connectivity index (χ0v) is 7.97. The Hall–Kier alpha value is -1.04. The smallest absolute Gasteiger partial charge is 0.330 e. The molecule has 0 saturated heterocycles. The van der Waals surface area contributed by atoms with E-state index in [4.69, 9.17) is 5.73 Å². The molecule has 0 fully saturated rings. The van der Waals surface area contributed by atoms with E-state index in [0.717, 1.165) is 0 Å². The SMILES string of the molecule is Cc1c(C(CN)C(F)(F)F)cnn1C. The van der Waals surface area contributed by atoms with Crippen molar-refractivity contribution in [2.45, 2.75) is 19.0 Å². The third-order valence-electron chi connectivity index (χ3n) is 2.28. The predicted molar refractivity (Wildman–Crippen MR) is 45.8 cm³/mol. The highest BCUT2D eigenvalue weighted by Crippen LogP contribution is 2.34. The molecule has 0 aromatic carbocycles. The van der Waals surface area contributed by atoms with Gasteiger partial charge in [0.1, 0.15) is 0 Å². The fourth-order valence-electron chi connectivity index (χ4n) is 1.29. The van der Waals surface area contributed by atoms with Crippen molar-refractivity contribution in [1.82, 2.24) is 9.78 Å². The van der Waals surface area contributed by atoms with E-state index in [1.165, 1.54) is 10.9 Å². The Labute approximate surface area is 79.7 Å². The lowest BCUT2D eigenvalue weighted by Gasteiger charge is -2.17. The van der Waals surface area contributed by atoms with Gasteiger partial charge in [-0.15, -0.1) is 0 Å². The summed E-state index contributed by atoms with van der Waals surface area (Å²) in [6, 6.07) is 0. The summed E-state index contributed by atoms with van der Waals surface area (Å²) >= 11 is 0. The van der Waals surface area contributed by atoms with Crippen LogP contribution >= 0.6 is 0 Å². The van der Waals surface area contributed by atoms with Crippen LogP contribution in [0.5, 0.6) is 0 Å². The molecule has 0 saturated carbocycles. The van der Waals surface area contributed by atoms with Crippen LogP contribution in [0.4, 0.5) is 13.2 Å². The first-order valence-corrected chi connectivity index (χ1v) is 4.13. The topological polar surface area (TPSA) is 43.8 Å². The van der Waals surface area contributed by atoms with Crippen molar-refractivity contribution >= 4 is 0 Å². The van der Waals surface area contributed by atoms with Gasteiger partial charge in [0.15, 0.2) is 0 Å². The van der Waals surface area contributed by atoms with E-state index in [1.807, 2.05) is 0 Å². The van der Waals surface area contributed by atoms with Crippen LogP contribution in [0.2, 0.25) is 0 Å². The minimum atomic E-state index is -4.30. The fourth-order valence-corrected chi connectivity index (χ4v) is 1.29. The zero-order chi connectivity index (χ0) is 10.9. The Morgan fingerprint density at radius 2 is 2.14 bits per heavy atom. The summed E-state index contributed by atoms with van der Waals surface area (Å²) in [6.07, 6.45) is -3.08. The molecular formula is C8H12F3N3. The monoisotopic (exact) mass is 207 g/mol. The van der Waals surface area contributed by atoms with Crippen LogP contribution in [-0.4, -0.2) is 22.5 Å². The lowest BCUT2D eigenvalue weighted by atomic mass is 10.00. The van der Waals surface area contributed by atoms with Crippen molar-refractivity contribution in [2.75, 3.05) is 6.54 Å². The van der Waals surface area contributed by atoms with Gasteiger partial charge in [-0.1, -0.05) is 0 Å². The molecule has 2 N–H and O–H groups in total. The summed E-state index contributed by atoms with van der Waals surface area (Å²) in [6.45, 7) is 1.15. The van der Waals surface area contributed by atoms with E-state index >= 15 is 0 Å². The molecule has 1 unspecified atom stereocenters. The summed E-state index contributed by atoms with van der Waals surface area (Å²) < 4.78 is 38.8. The van der Waals surface area contributed by atoms with Crippen molar-refractivity contribution in [1.29, 1.82) is 0 Å². The molecule has 0 spiro atoms. The average Bonchev–Trinajstić information content (AvgIpc) is 2.35. The van der Waals surface area contributed by atoms with Gasteiger partial charge in [-0.05, 0) is 6.92 Å². The number of aromatic nitrogens is 2. The third kappa shape index (κ3) is 1.89. The zero-order valence-electron chi connectivity index (χ0n) is 7.97. The highest BCUT2D eigenvalue weighted by Gasteiger charge is 2.41. The van der Waals surface area contributed by atoms with Crippen molar-refractivity contribution in [3.05, 3.63) is 17.5 Å². The first-order chi connectivity index (χ1) is 6.38.